The zero-order chi connectivity index (χ0) is 13.1. The molecule has 0 N–H and O–H groups in total. The molecule has 18 heavy (non-hydrogen) atoms. The summed E-state index contributed by atoms with van der Waals surface area (Å²) in [6.45, 7) is 2.73. The van der Waals surface area contributed by atoms with Crippen molar-refractivity contribution in [2.24, 2.45) is 0 Å². The number of Topliss-reactive ketones (excluding diaryl/α,β-unsaturated/α-hetero) is 1. The van der Waals surface area contributed by atoms with E-state index >= 15 is 0 Å². The number of thioether (sulfide) groups is 1. The Morgan fingerprint density at radius 2 is 2.11 bits per heavy atom. The fourth-order valence-electron chi connectivity index (χ4n) is 1.96. The molecule has 1 aliphatic rings. The lowest BCUT2D eigenvalue weighted by atomic mass is 10.1. The van der Waals surface area contributed by atoms with Crippen molar-refractivity contribution in [3.8, 4) is 0 Å². The smallest absolute Gasteiger partial charge is 0.299 e. The number of benzene rings is 1. The normalized spacial score (nSPS) is 14.2. The van der Waals surface area contributed by atoms with Gasteiger partial charge in [-0.1, -0.05) is 22.9 Å². The first kappa shape index (κ1) is 13.6. The van der Waals surface area contributed by atoms with E-state index in [2.05, 4.69) is 22.9 Å². The summed E-state index contributed by atoms with van der Waals surface area (Å²) in [5.41, 5.74) is 1.26. The summed E-state index contributed by atoms with van der Waals surface area (Å²) >= 11 is 5.17. The third kappa shape index (κ3) is 2.62. The molecule has 0 radical (unpaired) electrons. The Morgan fingerprint density at radius 1 is 1.33 bits per heavy atom. The lowest BCUT2D eigenvalue weighted by Crippen LogP contribution is -2.30. The lowest BCUT2D eigenvalue weighted by Gasteiger charge is -2.16. The number of fused-ring (bicyclic) bond motifs is 1. The van der Waals surface area contributed by atoms with E-state index in [-0.39, 0.29) is 0 Å². The molecular formula is C13H14BrNO2S. The third-order valence-electron chi connectivity index (χ3n) is 2.81. The van der Waals surface area contributed by atoms with E-state index in [1.807, 2.05) is 23.9 Å². The van der Waals surface area contributed by atoms with Crippen molar-refractivity contribution in [3.05, 3.63) is 28.2 Å². The van der Waals surface area contributed by atoms with Gasteiger partial charge in [-0.2, -0.15) is 11.8 Å². The molecule has 0 saturated carbocycles. The van der Waals surface area contributed by atoms with Crippen molar-refractivity contribution >= 4 is 45.1 Å². The molecule has 1 heterocycles. The van der Waals surface area contributed by atoms with Gasteiger partial charge in [-0.05, 0) is 36.1 Å². The highest BCUT2D eigenvalue weighted by atomic mass is 79.9. The van der Waals surface area contributed by atoms with Gasteiger partial charge in [-0.3, -0.25) is 9.59 Å². The topological polar surface area (TPSA) is 37.4 Å². The van der Waals surface area contributed by atoms with Crippen LogP contribution in [0.3, 0.4) is 0 Å². The molecule has 96 valence electrons. The van der Waals surface area contributed by atoms with Crippen molar-refractivity contribution in [1.82, 2.24) is 0 Å². The van der Waals surface area contributed by atoms with E-state index in [1.165, 1.54) is 0 Å². The minimum absolute atomic E-state index is 0.394. The van der Waals surface area contributed by atoms with Crippen LogP contribution < -0.4 is 4.90 Å². The average molecular weight is 328 g/mol. The molecular weight excluding hydrogens is 314 g/mol. The molecule has 5 heteroatoms. The predicted molar refractivity (Wildman–Crippen MR) is 78.4 cm³/mol. The minimum Gasteiger partial charge on any atom is -0.305 e. The van der Waals surface area contributed by atoms with Crippen molar-refractivity contribution in [1.29, 1.82) is 0 Å². The maximum Gasteiger partial charge on any atom is 0.299 e. The van der Waals surface area contributed by atoms with Crippen LogP contribution in [-0.4, -0.2) is 29.7 Å². The summed E-state index contributed by atoms with van der Waals surface area (Å²) in [7, 11) is 0. The Morgan fingerprint density at radius 3 is 2.83 bits per heavy atom. The molecule has 1 amide bonds. The molecule has 0 aliphatic carbocycles. The van der Waals surface area contributed by atoms with Crippen molar-refractivity contribution in [3.63, 3.8) is 0 Å². The summed E-state index contributed by atoms with van der Waals surface area (Å²) in [6.07, 6.45) is 0.910. The third-order valence-corrected chi connectivity index (χ3v) is 4.29. The molecule has 1 aliphatic heterocycles. The summed E-state index contributed by atoms with van der Waals surface area (Å²) in [5, 5.41) is 0. The summed E-state index contributed by atoms with van der Waals surface area (Å²) < 4.78 is 0.825. The van der Waals surface area contributed by atoms with Gasteiger partial charge in [-0.25, -0.2) is 0 Å². The summed E-state index contributed by atoms with van der Waals surface area (Å²) in [4.78, 5) is 25.3. The molecule has 0 saturated heterocycles. The molecule has 0 unspecified atom stereocenters. The first-order chi connectivity index (χ1) is 8.65. The Hall–Kier alpha value is -0.810. The Labute approximate surface area is 119 Å². The predicted octanol–water partition coefficient (Wildman–Crippen LogP) is 3.12. The van der Waals surface area contributed by atoms with E-state index in [4.69, 9.17) is 0 Å². The quantitative estimate of drug-likeness (QED) is 0.616. The maximum atomic E-state index is 11.9. The van der Waals surface area contributed by atoms with E-state index in [0.717, 1.165) is 28.1 Å². The van der Waals surface area contributed by atoms with Gasteiger partial charge in [0.15, 0.2) is 0 Å². The van der Waals surface area contributed by atoms with Crippen molar-refractivity contribution in [2.75, 3.05) is 23.0 Å². The van der Waals surface area contributed by atoms with Crippen LogP contribution in [0.5, 0.6) is 0 Å². The van der Waals surface area contributed by atoms with Crippen LogP contribution in [0.2, 0.25) is 0 Å². The largest absolute Gasteiger partial charge is 0.305 e. The second-order valence-corrected chi connectivity index (χ2v) is 6.31. The van der Waals surface area contributed by atoms with Gasteiger partial charge in [0.05, 0.1) is 11.3 Å². The number of nitrogens with zero attached hydrogens (tertiary/aromatic N) is 1. The number of halogens is 1. The maximum absolute atomic E-state index is 11.9. The number of carbonyl (C=O) groups is 2. The van der Waals surface area contributed by atoms with E-state index < -0.39 is 11.7 Å². The molecule has 0 spiro atoms. The Balaban J connectivity index is 2.13. The monoisotopic (exact) mass is 327 g/mol. The molecule has 0 atom stereocenters. The first-order valence-electron chi connectivity index (χ1n) is 5.88. The number of carbonyl (C=O) groups excluding carboxylic acids is 2. The number of hydrogen-bond acceptors (Lipinski definition) is 3. The van der Waals surface area contributed by atoms with Crippen LogP contribution in [-0.2, 0) is 4.79 Å². The van der Waals surface area contributed by atoms with Crippen LogP contribution in [0.4, 0.5) is 5.69 Å². The lowest BCUT2D eigenvalue weighted by molar-refractivity contribution is -0.114. The van der Waals surface area contributed by atoms with Gasteiger partial charge >= 0.3 is 0 Å². The highest BCUT2D eigenvalue weighted by molar-refractivity contribution is 9.10. The molecule has 2 rings (SSSR count). The molecule has 1 aromatic rings. The second-order valence-electron chi connectivity index (χ2n) is 4.00. The molecule has 0 fully saturated rings. The highest BCUT2D eigenvalue weighted by Crippen LogP contribution is 2.31. The molecule has 3 nitrogen and oxygen atoms in total. The zero-order valence-electron chi connectivity index (χ0n) is 10.1. The fourth-order valence-corrected chi connectivity index (χ4v) is 2.95. The molecule has 0 aromatic heterocycles. The van der Waals surface area contributed by atoms with Crippen LogP contribution in [0.25, 0.3) is 0 Å². The number of anilines is 1. The Kier molecular flexibility index (Phi) is 4.45. The van der Waals surface area contributed by atoms with Gasteiger partial charge in [0.1, 0.15) is 0 Å². The summed E-state index contributed by atoms with van der Waals surface area (Å²) in [6, 6.07) is 5.41. The first-order valence-corrected chi connectivity index (χ1v) is 7.83. The minimum atomic E-state index is -0.399. The van der Waals surface area contributed by atoms with Gasteiger partial charge in [-0.15, -0.1) is 0 Å². The van der Waals surface area contributed by atoms with Crippen molar-refractivity contribution in [2.45, 2.75) is 13.3 Å². The highest BCUT2D eigenvalue weighted by Gasteiger charge is 2.35. The standard InChI is InChI=1S/C13H14BrNO2S/c1-2-18-7-3-6-15-11-5-4-9(14)8-10(11)12(16)13(15)17/h4-5,8H,2-3,6-7H2,1H3. The van der Waals surface area contributed by atoms with Gasteiger partial charge < -0.3 is 4.90 Å². The number of ketones is 1. The number of amides is 1. The average Bonchev–Trinajstić information content (AvgIpc) is 2.59. The van der Waals surface area contributed by atoms with Gasteiger partial charge in [0.25, 0.3) is 11.7 Å². The van der Waals surface area contributed by atoms with Gasteiger partial charge in [0.2, 0.25) is 0 Å². The van der Waals surface area contributed by atoms with Crippen LogP contribution in [0.15, 0.2) is 22.7 Å². The van der Waals surface area contributed by atoms with E-state index in [1.54, 1.807) is 11.0 Å². The van der Waals surface area contributed by atoms with E-state index in [9.17, 15) is 9.59 Å². The SMILES string of the molecule is CCSCCCN1C(=O)C(=O)c2cc(Br)ccc21. The zero-order valence-corrected chi connectivity index (χ0v) is 12.5. The fraction of sp³-hybridized carbons (Fsp3) is 0.385. The molecule has 0 bridgehead atoms. The van der Waals surface area contributed by atoms with Gasteiger partial charge in [0, 0.05) is 11.0 Å². The van der Waals surface area contributed by atoms with E-state index in [0.29, 0.717) is 12.1 Å². The second kappa shape index (κ2) is 5.89. The van der Waals surface area contributed by atoms with Crippen LogP contribution in [0, 0.1) is 0 Å². The Bertz CT molecular complexity index is 490. The number of hydrogen-bond donors (Lipinski definition) is 0. The summed E-state index contributed by atoms with van der Waals surface area (Å²) in [5.74, 6) is 1.30. The van der Waals surface area contributed by atoms with Crippen molar-refractivity contribution < 1.29 is 9.59 Å². The van der Waals surface area contributed by atoms with Crippen LogP contribution >= 0.6 is 27.7 Å². The van der Waals surface area contributed by atoms with Crippen LogP contribution in [0.1, 0.15) is 23.7 Å². The number of rotatable bonds is 5. The molecule has 1 aromatic carbocycles.